The van der Waals surface area contributed by atoms with Gasteiger partial charge in [0.15, 0.2) is 5.82 Å². The molecule has 116 valence electrons. The van der Waals surface area contributed by atoms with Crippen molar-refractivity contribution in [1.29, 1.82) is 0 Å². The van der Waals surface area contributed by atoms with Crippen LogP contribution < -0.4 is 0 Å². The van der Waals surface area contributed by atoms with E-state index in [4.69, 9.17) is 28.2 Å². The minimum absolute atomic E-state index is 0.455. The molecule has 3 heterocycles. The normalized spacial score (nSPS) is 11.7. The molecule has 0 spiro atoms. The number of aromatic nitrogens is 6. The summed E-state index contributed by atoms with van der Waals surface area (Å²) >= 11 is 12.3. The van der Waals surface area contributed by atoms with Crippen molar-refractivity contribution in [2.45, 2.75) is 20.8 Å². The molecule has 23 heavy (non-hydrogen) atoms. The van der Waals surface area contributed by atoms with Gasteiger partial charge in [0.2, 0.25) is 5.65 Å². The molecule has 0 radical (unpaired) electrons. The predicted octanol–water partition coefficient (Wildman–Crippen LogP) is 3.70. The van der Waals surface area contributed by atoms with Crippen LogP contribution in [0.3, 0.4) is 0 Å². The molecule has 3 aromatic heterocycles. The first-order valence-electron chi connectivity index (χ1n) is 7.00. The number of halogens is 2. The van der Waals surface area contributed by atoms with E-state index in [9.17, 15) is 0 Å². The van der Waals surface area contributed by atoms with E-state index in [1.165, 1.54) is 0 Å². The van der Waals surface area contributed by atoms with Crippen LogP contribution >= 0.6 is 23.2 Å². The monoisotopic (exact) mass is 346 g/mol. The molecule has 0 N–H and O–H groups in total. The number of rotatable bonds is 1. The van der Waals surface area contributed by atoms with Gasteiger partial charge in [0.05, 0.1) is 26.8 Å². The zero-order chi connectivity index (χ0) is 16.3. The fourth-order valence-corrected chi connectivity index (χ4v) is 3.06. The zero-order valence-corrected chi connectivity index (χ0v) is 14.2. The summed E-state index contributed by atoms with van der Waals surface area (Å²) in [6, 6.07) is 5.51. The molecule has 0 aliphatic rings. The molecule has 0 bridgehead atoms. The van der Waals surface area contributed by atoms with Crippen LogP contribution in [0.4, 0.5) is 0 Å². The Bertz CT molecular complexity index is 1080. The van der Waals surface area contributed by atoms with Crippen molar-refractivity contribution in [3.05, 3.63) is 45.5 Å². The van der Waals surface area contributed by atoms with Crippen molar-refractivity contribution >= 4 is 39.9 Å². The first kappa shape index (κ1) is 14.4. The molecule has 0 aliphatic heterocycles. The minimum Gasteiger partial charge on any atom is -0.274 e. The van der Waals surface area contributed by atoms with E-state index in [1.807, 2.05) is 31.2 Å². The third-order valence-electron chi connectivity index (χ3n) is 3.72. The Hall–Kier alpha value is -2.18. The lowest BCUT2D eigenvalue weighted by molar-refractivity contribution is 0.809. The van der Waals surface area contributed by atoms with Gasteiger partial charge in [-0.1, -0.05) is 23.2 Å². The third kappa shape index (κ3) is 2.09. The molecule has 4 rings (SSSR count). The summed E-state index contributed by atoms with van der Waals surface area (Å²) in [5, 5.41) is 13.9. The standard InChI is InChI=1S/C15H12Cl2N6/c1-7-4-8(2)23(21-7)14-15-20-19-9(3)22(15)13-6-11(17)10(16)5-12(13)18-14/h4-6H,1-3H3. The number of nitrogens with zero attached hydrogens (tertiary/aromatic N) is 6. The smallest absolute Gasteiger partial charge is 0.206 e. The van der Waals surface area contributed by atoms with Crippen LogP contribution in [-0.4, -0.2) is 29.4 Å². The van der Waals surface area contributed by atoms with E-state index in [2.05, 4.69) is 15.3 Å². The highest BCUT2D eigenvalue weighted by Crippen LogP contribution is 2.29. The average molecular weight is 347 g/mol. The van der Waals surface area contributed by atoms with E-state index in [0.717, 1.165) is 22.7 Å². The Labute approximate surface area is 141 Å². The highest BCUT2D eigenvalue weighted by Gasteiger charge is 2.17. The summed E-state index contributed by atoms with van der Waals surface area (Å²) in [5.74, 6) is 1.36. The number of hydrogen-bond donors (Lipinski definition) is 0. The molecular weight excluding hydrogens is 335 g/mol. The Kier molecular flexibility index (Phi) is 3.08. The third-order valence-corrected chi connectivity index (χ3v) is 4.44. The second-order valence-corrected chi connectivity index (χ2v) is 6.25. The first-order chi connectivity index (χ1) is 11.0. The van der Waals surface area contributed by atoms with Gasteiger partial charge < -0.3 is 0 Å². The van der Waals surface area contributed by atoms with Gasteiger partial charge >= 0.3 is 0 Å². The molecule has 0 unspecified atom stereocenters. The quantitative estimate of drug-likeness (QED) is 0.527. The van der Waals surface area contributed by atoms with Gasteiger partial charge in [-0.15, -0.1) is 10.2 Å². The second kappa shape index (κ2) is 4.91. The molecule has 0 fully saturated rings. The fraction of sp³-hybridized carbons (Fsp3) is 0.200. The van der Waals surface area contributed by atoms with Crippen LogP contribution in [-0.2, 0) is 0 Å². The van der Waals surface area contributed by atoms with E-state index in [1.54, 1.807) is 16.8 Å². The van der Waals surface area contributed by atoms with Crippen molar-refractivity contribution in [3.63, 3.8) is 0 Å². The van der Waals surface area contributed by atoms with Crippen LogP contribution in [0.2, 0.25) is 10.0 Å². The topological polar surface area (TPSA) is 60.9 Å². The summed E-state index contributed by atoms with van der Waals surface area (Å²) in [7, 11) is 0. The van der Waals surface area contributed by atoms with Crippen LogP contribution in [0.25, 0.3) is 22.5 Å². The van der Waals surface area contributed by atoms with Crippen LogP contribution in [0, 0.1) is 20.8 Å². The van der Waals surface area contributed by atoms with E-state index >= 15 is 0 Å². The molecule has 8 heteroatoms. The van der Waals surface area contributed by atoms with Crippen molar-refractivity contribution < 1.29 is 0 Å². The molecule has 0 saturated carbocycles. The Morgan fingerprint density at radius 2 is 1.70 bits per heavy atom. The summed E-state index contributed by atoms with van der Waals surface area (Å²) in [6.07, 6.45) is 0. The molecule has 4 aromatic rings. The summed E-state index contributed by atoms with van der Waals surface area (Å²) in [5.41, 5.74) is 4.02. The lowest BCUT2D eigenvalue weighted by Crippen LogP contribution is -2.07. The summed E-state index contributed by atoms with van der Waals surface area (Å²) < 4.78 is 3.68. The summed E-state index contributed by atoms with van der Waals surface area (Å²) in [6.45, 7) is 5.79. The first-order valence-corrected chi connectivity index (χ1v) is 7.75. The molecule has 1 aromatic carbocycles. The average Bonchev–Trinajstić information content (AvgIpc) is 3.03. The molecule has 0 amide bonds. The fourth-order valence-electron chi connectivity index (χ4n) is 2.74. The maximum absolute atomic E-state index is 6.16. The number of hydrogen-bond acceptors (Lipinski definition) is 4. The zero-order valence-electron chi connectivity index (χ0n) is 12.7. The second-order valence-electron chi connectivity index (χ2n) is 5.44. The number of aryl methyl sites for hydroxylation is 3. The Morgan fingerprint density at radius 3 is 2.39 bits per heavy atom. The molecule has 0 atom stereocenters. The van der Waals surface area contributed by atoms with Gasteiger partial charge in [0, 0.05) is 5.69 Å². The Balaban J connectivity index is 2.20. The summed E-state index contributed by atoms with van der Waals surface area (Å²) in [4.78, 5) is 4.70. The van der Waals surface area contributed by atoms with E-state index in [-0.39, 0.29) is 0 Å². The van der Waals surface area contributed by atoms with Crippen LogP contribution in [0.5, 0.6) is 0 Å². The van der Waals surface area contributed by atoms with Crippen LogP contribution in [0.1, 0.15) is 17.2 Å². The lowest BCUT2D eigenvalue weighted by atomic mass is 10.3. The molecule has 0 saturated heterocycles. The molecule has 6 nitrogen and oxygen atoms in total. The van der Waals surface area contributed by atoms with Gasteiger partial charge in [-0.3, -0.25) is 4.40 Å². The highest BCUT2D eigenvalue weighted by atomic mass is 35.5. The van der Waals surface area contributed by atoms with Crippen molar-refractivity contribution in [2.75, 3.05) is 0 Å². The van der Waals surface area contributed by atoms with Crippen molar-refractivity contribution in [1.82, 2.24) is 29.4 Å². The SMILES string of the molecule is Cc1cc(C)n(-c2nc3cc(Cl)c(Cl)cc3n3c(C)nnc23)n1. The lowest BCUT2D eigenvalue weighted by Gasteiger charge is -2.10. The predicted molar refractivity (Wildman–Crippen MR) is 89.6 cm³/mol. The van der Waals surface area contributed by atoms with Gasteiger partial charge in [0.1, 0.15) is 5.82 Å². The van der Waals surface area contributed by atoms with Gasteiger partial charge in [0.25, 0.3) is 0 Å². The number of fused-ring (bicyclic) bond motifs is 3. The van der Waals surface area contributed by atoms with Crippen LogP contribution in [0.15, 0.2) is 18.2 Å². The maximum Gasteiger partial charge on any atom is 0.206 e. The van der Waals surface area contributed by atoms with Gasteiger partial charge in [-0.05, 0) is 39.0 Å². The van der Waals surface area contributed by atoms with Gasteiger partial charge in [-0.2, -0.15) is 5.10 Å². The van der Waals surface area contributed by atoms with E-state index < -0.39 is 0 Å². The number of benzene rings is 1. The van der Waals surface area contributed by atoms with Crippen molar-refractivity contribution in [2.24, 2.45) is 0 Å². The maximum atomic E-state index is 6.16. The molecular formula is C15H12Cl2N6. The van der Waals surface area contributed by atoms with Gasteiger partial charge in [-0.25, -0.2) is 9.67 Å². The molecule has 0 aliphatic carbocycles. The minimum atomic E-state index is 0.455. The Morgan fingerprint density at radius 1 is 0.957 bits per heavy atom. The largest absolute Gasteiger partial charge is 0.274 e. The van der Waals surface area contributed by atoms with Crippen molar-refractivity contribution in [3.8, 4) is 5.82 Å². The van der Waals surface area contributed by atoms with E-state index in [0.29, 0.717) is 27.0 Å². The highest BCUT2D eigenvalue weighted by molar-refractivity contribution is 6.42.